The molecular formula is C12H22N4O2+2. The number of carbonyl (C=O) groups is 1. The Bertz CT molecular complexity index is 410. The molecule has 6 heteroatoms. The summed E-state index contributed by atoms with van der Waals surface area (Å²) in [5.41, 5.74) is 0. The molecular weight excluding hydrogens is 232 g/mol. The van der Waals surface area contributed by atoms with E-state index in [2.05, 4.69) is 17.5 Å². The van der Waals surface area contributed by atoms with Crippen molar-refractivity contribution in [2.45, 2.75) is 19.9 Å². The van der Waals surface area contributed by atoms with Gasteiger partial charge in [0.25, 0.3) is 5.91 Å². The SMILES string of the molecule is Cc1cc(NC(=O)[C@H](C)[NH+]2CC[NH+](C)CC2)no1. The Labute approximate surface area is 107 Å². The molecule has 1 aromatic rings. The highest BCUT2D eigenvalue weighted by molar-refractivity contribution is 5.92. The van der Waals surface area contributed by atoms with Crippen molar-refractivity contribution < 1.29 is 19.1 Å². The molecule has 6 nitrogen and oxygen atoms in total. The summed E-state index contributed by atoms with van der Waals surface area (Å²) in [6.45, 7) is 8.10. The van der Waals surface area contributed by atoms with Crippen LogP contribution in [0.5, 0.6) is 0 Å². The van der Waals surface area contributed by atoms with Crippen LogP contribution in [-0.4, -0.2) is 50.3 Å². The average molecular weight is 254 g/mol. The molecule has 2 heterocycles. The summed E-state index contributed by atoms with van der Waals surface area (Å²) >= 11 is 0. The number of anilines is 1. The van der Waals surface area contributed by atoms with Crippen LogP contribution in [0, 0.1) is 6.92 Å². The Balaban J connectivity index is 1.88. The zero-order valence-corrected chi connectivity index (χ0v) is 11.2. The Morgan fingerprint density at radius 2 is 2.11 bits per heavy atom. The van der Waals surface area contributed by atoms with E-state index in [0.29, 0.717) is 11.6 Å². The van der Waals surface area contributed by atoms with Gasteiger partial charge in [-0.2, -0.15) is 0 Å². The number of rotatable bonds is 3. The van der Waals surface area contributed by atoms with Crippen molar-refractivity contribution in [1.82, 2.24) is 5.16 Å². The number of quaternary nitrogens is 2. The van der Waals surface area contributed by atoms with Crippen LogP contribution in [0.25, 0.3) is 0 Å². The van der Waals surface area contributed by atoms with Crippen LogP contribution in [0.15, 0.2) is 10.6 Å². The highest BCUT2D eigenvalue weighted by atomic mass is 16.5. The summed E-state index contributed by atoms with van der Waals surface area (Å²) in [5, 5.41) is 6.57. The van der Waals surface area contributed by atoms with Gasteiger partial charge in [-0.1, -0.05) is 5.16 Å². The number of hydrogen-bond acceptors (Lipinski definition) is 3. The number of aryl methyl sites for hydroxylation is 1. The fourth-order valence-electron chi connectivity index (χ4n) is 2.28. The number of likely N-dealkylation sites (N-methyl/N-ethyl adjacent to an activating group) is 1. The lowest BCUT2D eigenvalue weighted by atomic mass is 10.2. The lowest BCUT2D eigenvalue weighted by Crippen LogP contribution is -3.29. The summed E-state index contributed by atoms with van der Waals surface area (Å²) < 4.78 is 4.93. The highest BCUT2D eigenvalue weighted by Crippen LogP contribution is 2.06. The van der Waals surface area contributed by atoms with Crippen LogP contribution in [0.4, 0.5) is 5.82 Å². The van der Waals surface area contributed by atoms with E-state index < -0.39 is 0 Å². The van der Waals surface area contributed by atoms with Gasteiger partial charge in [0.05, 0.1) is 7.05 Å². The number of hydrogen-bond donors (Lipinski definition) is 3. The largest absolute Gasteiger partial charge is 0.360 e. The number of piperazine rings is 1. The lowest BCUT2D eigenvalue weighted by molar-refractivity contribution is -1.01. The maximum Gasteiger partial charge on any atom is 0.283 e. The van der Waals surface area contributed by atoms with E-state index in [4.69, 9.17) is 4.52 Å². The number of nitrogens with one attached hydrogen (secondary N) is 3. The number of carbonyl (C=O) groups excluding carboxylic acids is 1. The first-order chi connectivity index (χ1) is 8.56. The Morgan fingerprint density at radius 3 is 2.67 bits per heavy atom. The zero-order chi connectivity index (χ0) is 13.1. The highest BCUT2D eigenvalue weighted by Gasteiger charge is 2.30. The normalized spacial score (nSPS) is 25.7. The first-order valence-electron chi connectivity index (χ1n) is 6.46. The molecule has 18 heavy (non-hydrogen) atoms. The van der Waals surface area contributed by atoms with Gasteiger partial charge in [-0.3, -0.25) is 4.79 Å². The maximum atomic E-state index is 12.1. The molecule has 1 aliphatic heterocycles. The van der Waals surface area contributed by atoms with Crippen molar-refractivity contribution in [3.05, 3.63) is 11.8 Å². The van der Waals surface area contributed by atoms with E-state index in [0.717, 1.165) is 26.2 Å². The number of aromatic nitrogens is 1. The summed E-state index contributed by atoms with van der Waals surface area (Å²) in [6, 6.07) is 1.68. The van der Waals surface area contributed by atoms with E-state index >= 15 is 0 Å². The molecule has 1 saturated heterocycles. The first-order valence-corrected chi connectivity index (χ1v) is 6.46. The van der Waals surface area contributed by atoms with Crippen molar-refractivity contribution in [3.63, 3.8) is 0 Å². The predicted octanol–water partition coefficient (Wildman–Crippen LogP) is -2.28. The summed E-state index contributed by atoms with van der Waals surface area (Å²) in [4.78, 5) is 15.0. The number of amides is 1. The van der Waals surface area contributed by atoms with Crippen molar-refractivity contribution >= 4 is 11.7 Å². The molecule has 0 aliphatic carbocycles. The van der Waals surface area contributed by atoms with Crippen LogP contribution in [0.3, 0.4) is 0 Å². The van der Waals surface area contributed by atoms with Crippen LogP contribution >= 0.6 is 0 Å². The van der Waals surface area contributed by atoms with Crippen LogP contribution in [-0.2, 0) is 4.79 Å². The molecule has 1 atom stereocenters. The van der Waals surface area contributed by atoms with E-state index in [1.165, 1.54) is 4.90 Å². The van der Waals surface area contributed by atoms with Crippen molar-refractivity contribution in [2.24, 2.45) is 0 Å². The molecule has 0 unspecified atom stereocenters. The minimum absolute atomic E-state index is 0.0119. The van der Waals surface area contributed by atoms with Crippen LogP contribution < -0.4 is 15.1 Å². The van der Waals surface area contributed by atoms with Crippen molar-refractivity contribution in [1.29, 1.82) is 0 Å². The van der Waals surface area contributed by atoms with Crippen molar-refractivity contribution in [3.8, 4) is 0 Å². The second-order valence-corrected chi connectivity index (χ2v) is 5.15. The second kappa shape index (κ2) is 5.49. The topological polar surface area (TPSA) is 64.0 Å². The van der Waals surface area contributed by atoms with Gasteiger partial charge in [-0.25, -0.2) is 0 Å². The van der Waals surface area contributed by atoms with Gasteiger partial charge in [0.1, 0.15) is 31.9 Å². The number of nitrogens with zero attached hydrogens (tertiary/aromatic N) is 1. The maximum absolute atomic E-state index is 12.1. The van der Waals surface area contributed by atoms with Gasteiger partial charge >= 0.3 is 0 Å². The van der Waals surface area contributed by atoms with Gasteiger partial charge in [-0.05, 0) is 13.8 Å². The average Bonchev–Trinajstić information content (AvgIpc) is 2.75. The molecule has 0 spiro atoms. The molecule has 2 rings (SSSR count). The van der Waals surface area contributed by atoms with Gasteiger partial charge < -0.3 is 19.6 Å². The van der Waals surface area contributed by atoms with Crippen molar-refractivity contribution in [2.75, 3.05) is 38.5 Å². The molecule has 0 saturated carbocycles. The van der Waals surface area contributed by atoms with E-state index in [1.807, 2.05) is 6.92 Å². The third-order valence-corrected chi connectivity index (χ3v) is 3.63. The molecule has 3 N–H and O–H groups in total. The molecule has 1 aromatic heterocycles. The molecule has 100 valence electrons. The van der Waals surface area contributed by atoms with E-state index in [-0.39, 0.29) is 11.9 Å². The lowest BCUT2D eigenvalue weighted by Gasteiger charge is -2.30. The smallest absolute Gasteiger partial charge is 0.283 e. The second-order valence-electron chi connectivity index (χ2n) is 5.15. The monoisotopic (exact) mass is 254 g/mol. The van der Waals surface area contributed by atoms with Gasteiger partial charge in [0.15, 0.2) is 11.9 Å². The Kier molecular flexibility index (Phi) is 3.98. The zero-order valence-electron chi connectivity index (χ0n) is 11.2. The fraction of sp³-hybridized carbons (Fsp3) is 0.667. The molecule has 1 fully saturated rings. The van der Waals surface area contributed by atoms with Gasteiger partial charge in [0.2, 0.25) is 0 Å². The molecule has 1 aliphatic rings. The third-order valence-electron chi connectivity index (χ3n) is 3.63. The molecule has 0 radical (unpaired) electrons. The molecule has 1 amide bonds. The Hall–Kier alpha value is -1.40. The van der Waals surface area contributed by atoms with Crippen LogP contribution in [0.2, 0.25) is 0 Å². The standard InChI is InChI=1S/C12H20N4O2/c1-9-8-11(14-18-9)13-12(17)10(2)16-6-4-15(3)5-7-16/h8,10H,4-7H2,1-3H3,(H,13,14,17)/p+2/t10-/m0/s1. The van der Waals surface area contributed by atoms with Gasteiger partial charge in [-0.15, -0.1) is 0 Å². The fourth-order valence-corrected chi connectivity index (χ4v) is 2.28. The predicted molar refractivity (Wildman–Crippen MR) is 66.6 cm³/mol. The summed E-state index contributed by atoms with van der Waals surface area (Å²) in [5.74, 6) is 1.22. The van der Waals surface area contributed by atoms with Gasteiger partial charge in [0, 0.05) is 6.07 Å². The van der Waals surface area contributed by atoms with E-state index in [9.17, 15) is 4.79 Å². The summed E-state index contributed by atoms with van der Waals surface area (Å²) in [6.07, 6.45) is 0. The summed E-state index contributed by atoms with van der Waals surface area (Å²) in [7, 11) is 2.19. The quantitative estimate of drug-likeness (QED) is 0.570. The van der Waals surface area contributed by atoms with E-state index in [1.54, 1.807) is 17.9 Å². The third kappa shape index (κ3) is 3.08. The molecule has 0 aromatic carbocycles. The molecule has 0 bridgehead atoms. The van der Waals surface area contributed by atoms with Crippen LogP contribution in [0.1, 0.15) is 12.7 Å². The minimum Gasteiger partial charge on any atom is -0.360 e. The minimum atomic E-state index is -0.0462. The first kappa shape index (κ1) is 13.0. The Morgan fingerprint density at radius 1 is 1.44 bits per heavy atom.